The molecule has 122 valence electrons. The van der Waals surface area contributed by atoms with E-state index in [-0.39, 0.29) is 0 Å². The lowest BCUT2D eigenvalue weighted by molar-refractivity contribution is 0.0487. The zero-order valence-corrected chi connectivity index (χ0v) is 14.1. The molecule has 0 bridgehead atoms. The van der Waals surface area contributed by atoms with Crippen molar-refractivity contribution in [1.29, 1.82) is 0 Å². The van der Waals surface area contributed by atoms with Crippen LogP contribution < -0.4 is 4.74 Å². The van der Waals surface area contributed by atoms with E-state index >= 15 is 0 Å². The molecule has 2 fully saturated rings. The molecule has 0 saturated carbocycles. The molecule has 0 amide bonds. The molecule has 0 unspecified atom stereocenters. The summed E-state index contributed by atoms with van der Waals surface area (Å²) in [4.78, 5) is 2.63. The average molecular weight is 324 g/mol. The topological polar surface area (TPSA) is 21.7 Å². The molecular formula is C18H26ClNO2. The van der Waals surface area contributed by atoms with Gasteiger partial charge in [-0.05, 0) is 74.4 Å². The highest BCUT2D eigenvalue weighted by Crippen LogP contribution is 2.36. The minimum absolute atomic E-state index is 0.569. The second-order valence-electron chi connectivity index (χ2n) is 6.52. The zero-order chi connectivity index (χ0) is 15.4. The van der Waals surface area contributed by atoms with Gasteiger partial charge in [-0.25, -0.2) is 0 Å². The SMILES string of the molecule is COc1ccc(Cl)cc1C1CCN(CC2CCOCC2)CC1. The lowest BCUT2D eigenvalue weighted by Gasteiger charge is -2.35. The molecular weight excluding hydrogens is 298 g/mol. The van der Waals surface area contributed by atoms with Gasteiger partial charge in [-0.1, -0.05) is 11.6 Å². The van der Waals surface area contributed by atoms with Crippen LogP contribution in [0.3, 0.4) is 0 Å². The van der Waals surface area contributed by atoms with Gasteiger partial charge in [-0.15, -0.1) is 0 Å². The molecule has 0 aromatic heterocycles. The van der Waals surface area contributed by atoms with Crippen molar-refractivity contribution in [3.8, 4) is 5.75 Å². The van der Waals surface area contributed by atoms with Crippen molar-refractivity contribution in [2.45, 2.75) is 31.6 Å². The summed E-state index contributed by atoms with van der Waals surface area (Å²) in [5.41, 5.74) is 1.28. The summed E-state index contributed by atoms with van der Waals surface area (Å²) < 4.78 is 11.0. The van der Waals surface area contributed by atoms with Gasteiger partial charge in [-0.3, -0.25) is 0 Å². The van der Waals surface area contributed by atoms with Gasteiger partial charge in [-0.2, -0.15) is 0 Å². The lowest BCUT2D eigenvalue weighted by Crippen LogP contribution is -2.38. The Morgan fingerprint density at radius 2 is 1.91 bits per heavy atom. The summed E-state index contributed by atoms with van der Waals surface area (Å²) in [5, 5.41) is 0.806. The van der Waals surface area contributed by atoms with Gasteiger partial charge in [0, 0.05) is 24.8 Å². The van der Waals surface area contributed by atoms with Gasteiger partial charge in [0.2, 0.25) is 0 Å². The number of methoxy groups -OCH3 is 1. The molecule has 2 aliphatic heterocycles. The first-order valence-corrected chi connectivity index (χ1v) is 8.77. The Hall–Kier alpha value is -0.770. The molecule has 0 radical (unpaired) electrons. The summed E-state index contributed by atoms with van der Waals surface area (Å²) in [7, 11) is 1.74. The van der Waals surface area contributed by atoms with E-state index in [0.717, 1.165) is 29.9 Å². The van der Waals surface area contributed by atoms with E-state index in [9.17, 15) is 0 Å². The van der Waals surface area contributed by atoms with Crippen LogP contribution in [0.4, 0.5) is 0 Å². The maximum absolute atomic E-state index is 6.17. The van der Waals surface area contributed by atoms with Crippen molar-refractivity contribution in [2.24, 2.45) is 5.92 Å². The molecule has 2 aliphatic rings. The number of hydrogen-bond donors (Lipinski definition) is 0. The second kappa shape index (κ2) is 7.67. The van der Waals surface area contributed by atoms with Crippen LogP contribution in [-0.2, 0) is 4.74 Å². The zero-order valence-electron chi connectivity index (χ0n) is 13.4. The summed E-state index contributed by atoms with van der Waals surface area (Å²) in [5.74, 6) is 2.37. The molecule has 3 rings (SSSR count). The van der Waals surface area contributed by atoms with E-state index in [1.54, 1.807) is 7.11 Å². The lowest BCUT2D eigenvalue weighted by atomic mass is 9.88. The third-order valence-electron chi connectivity index (χ3n) is 5.08. The van der Waals surface area contributed by atoms with E-state index in [4.69, 9.17) is 21.1 Å². The van der Waals surface area contributed by atoms with Crippen molar-refractivity contribution in [3.63, 3.8) is 0 Å². The van der Waals surface area contributed by atoms with E-state index in [2.05, 4.69) is 11.0 Å². The Labute approximate surface area is 138 Å². The first-order chi connectivity index (χ1) is 10.8. The monoisotopic (exact) mass is 323 g/mol. The Kier molecular flexibility index (Phi) is 5.61. The Morgan fingerprint density at radius 1 is 1.18 bits per heavy atom. The first-order valence-electron chi connectivity index (χ1n) is 8.40. The summed E-state index contributed by atoms with van der Waals surface area (Å²) in [6.45, 7) is 5.49. The summed E-state index contributed by atoms with van der Waals surface area (Å²) >= 11 is 6.17. The Morgan fingerprint density at radius 3 is 2.59 bits per heavy atom. The minimum atomic E-state index is 0.569. The maximum Gasteiger partial charge on any atom is 0.122 e. The van der Waals surface area contributed by atoms with E-state index in [1.807, 2.05) is 12.1 Å². The van der Waals surface area contributed by atoms with Gasteiger partial charge in [0.05, 0.1) is 7.11 Å². The molecule has 22 heavy (non-hydrogen) atoms. The fourth-order valence-corrected chi connectivity index (χ4v) is 3.93. The molecule has 2 heterocycles. The van der Waals surface area contributed by atoms with Crippen LogP contribution >= 0.6 is 11.6 Å². The van der Waals surface area contributed by atoms with Gasteiger partial charge in [0.15, 0.2) is 0 Å². The number of likely N-dealkylation sites (tertiary alicyclic amines) is 1. The molecule has 2 saturated heterocycles. The number of ether oxygens (including phenoxy) is 2. The summed E-state index contributed by atoms with van der Waals surface area (Å²) in [6, 6.07) is 5.98. The predicted molar refractivity (Wildman–Crippen MR) is 90.0 cm³/mol. The largest absolute Gasteiger partial charge is 0.496 e. The number of hydrogen-bond acceptors (Lipinski definition) is 3. The summed E-state index contributed by atoms with van der Waals surface area (Å²) in [6.07, 6.45) is 4.84. The second-order valence-corrected chi connectivity index (χ2v) is 6.95. The number of benzene rings is 1. The van der Waals surface area contributed by atoms with Crippen LogP contribution in [-0.4, -0.2) is 44.9 Å². The molecule has 0 aliphatic carbocycles. The number of halogens is 1. The third-order valence-corrected chi connectivity index (χ3v) is 5.31. The van der Waals surface area contributed by atoms with Crippen LogP contribution in [0.2, 0.25) is 5.02 Å². The van der Waals surface area contributed by atoms with Gasteiger partial charge >= 0.3 is 0 Å². The Bertz CT molecular complexity index is 480. The van der Waals surface area contributed by atoms with Crippen molar-refractivity contribution in [3.05, 3.63) is 28.8 Å². The van der Waals surface area contributed by atoms with Crippen LogP contribution in [0, 0.1) is 5.92 Å². The van der Waals surface area contributed by atoms with Gasteiger partial charge in [0.1, 0.15) is 5.75 Å². The van der Waals surface area contributed by atoms with Crippen LogP contribution in [0.15, 0.2) is 18.2 Å². The molecule has 0 spiro atoms. The highest BCUT2D eigenvalue weighted by molar-refractivity contribution is 6.30. The maximum atomic E-state index is 6.17. The quantitative estimate of drug-likeness (QED) is 0.837. The molecule has 4 heteroatoms. The van der Waals surface area contributed by atoms with Crippen LogP contribution in [0.1, 0.15) is 37.2 Å². The van der Waals surface area contributed by atoms with Crippen LogP contribution in [0.25, 0.3) is 0 Å². The number of rotatable bonds is 4. The van der Waals surface area contributed by atoms with Gasteiger partial charge in [0.25, 0.3) is 0 Å². The van der Waals surface area contributed by atoms with Crippen molar-refractivity contribution in [2.75, 3.05) is 40.0 Å². The highest BCUT2D eigenvalue weighted by Gasteiger charge is 2.25. The molecule has 0 atom stereocenters. The molecule has 1 aromatic carbocycles. The fourth-order valence-electron chi connectivity index (χ4n) is 3.74. The van der Waals surface area contributed by atoms with E-state index in [0.29, 0.717) is 5.92 Å². The highest BCUT2D eigenvalue weighted by atomic mass is 35.5. The van der Waals surface area contributed by atoms with Crippen LogP contribution in [0.5, 0.6) is 5.75 Å². The van der Waals surface area contributed by atoms with Crippen molar-refractivity contribution in [1.82, 2.24) is 4.90 Å². The smallest absolute Gasteiger partial charge is 0.122 e. The fraction of sp³-hybridized carbons (Fsp3) is 0.667. The third kappa shape index (κ3) is 3.95. The standard InChI is InChI=1S/C18H26ClNO2/c1-21-18-3-2-16(19)12-17(18)15-4-8-20(9-5-15)13-14-6-10-22-11-7-14/h2-3,12,14-15H,4-11,13H2,1H3. The van der Waals surface area contributed by atoms with Crippen molar-refractivity contribution >= 4 is 11.6 Å². The van der Waals surface area contributed by atoms with Gasteiger partial charge < -0.3 is 14.4 Å². The number of piperidine rings is 1. The molecule has 3 nitrogen and oxygen atoms in total. The predicted octanol–water partition coefficient (Wildman–Crippen LogP) is 3.95. The molecule has 0 N–H and O–H groups in total. The minimum Gasteiger partial charge on any atom is -0.496 e. The first kappa shape index (κ1) is 16.1. The van der Waals surface area contributed by atoms with Crippen molar-refractivity contribution < 1.29 is 9.47 Å². The molecule has 1 aromatic rings. The number of nitrogens with zero attached hydrogens (tertiary/aromatic N) is 1. The average Bonchev–Trinajstić information content (AvgIpc) is 2.56. The normalized spacial score (nSPS) is 21.9. The van der Waals surface area contributed by atoms with E-state index < -0.39 is 0 Å². The Balaban J connectivity index is 1.56. The van der Waals surface area contributed by atoms with E-state index in [1.165, 1.54) is 50.9 Å².